The van der Waals surface area contributed by atoms with Crippen LogP contribution in [0.3, 0.4) is 0 Å². The lowest BCUT2D eigenvalue weighted by molar-refractivity contribution is 0.0711. The van der Waals surface area contributed by atoms with Crippen molar-refractivity contribution in [2.75, 3.05) is 0 Å². The molecule has 3 rings (SSSR count). The molecule has 0 aromatic carbocycles. The van der Waals surface area contributed by atoms with E-state index in [1.165, 1.54) is 0 Å². The number of rotatable bonds is 4. The number of nitrogens with zero attached hydrogens (tertiary/aromatic N) is 2. The van der Waals surface area contributed by atoms with Gasteiger partial charge >= 0.3 is 0 Å². The highest BCUT2D eigenvalue weighted by Gasteiger charge is 2.34. The summed E-state index contributed by atoms with van der Waals surface area (Å²) in [5.41, 5.74) is 0.381. The zero-order chi connectivity index (χ0) is 13.2. The van der Waals surface area contributed by atoms with Crippen molar-refractivity contribution in [1.82, 2.24) is 9.88 Å². The van der Waals surface area contributed by atoms with E-state index in [0.717, 1.165) is 18.6 Å². The van der Waals surface area contributed by atoms with Crippen molar-refractivity contribution >= 4 is 17.5 Å². The largest absolute Gasteiger partial charge is 0.467 e. The number of halogens is 1. The molecule has 0 atom stereocenters. The van der Waals surface area contributed by atoms with Crippen LogP contribution in [0.1, 0.15) is 29.1 Å². The number of furan rings is 1. The SMILES string of the molecule is O=C(c1cc(Cl)ccn1)N(Cc1ccco1)C1CC1. The van der Waals surface area contributed by atoms with Crippen molar-refractivity contribution in [2.24, 2.45) is 0 Å². The molecule has 5 heteroatoms. The molecular formula is C14H13ClN2O2. The molecule has 98 valence electrons. The van der Waals surface area contributed by atoms with Crippen molar-refractivity contribution < 1.29 is 9.21 Å². The number of pyridine rings is 1. The maximum absolute atomic E-state index is 12.5. The van der Waals surface area contributed by atoms with E-state index >= 15 is 0 Å². The predicted octanol–water partition coefficient (Wildman–Crippen LogP) is 3.13. The van der Waals surface area contributed by atoms with Gasteiger partial charge in [-0.2, -0.15) is 0 Å². The van der Waals surface area contributed by atoms with Gasteiger partial charge in [-0.1, -0.05) is 11.6 Å². The summed E-state index contributed by atoms with van der Waals surface area (Å²) in [5.74, 6) is 0.684. The zero-order valence-electron chi connectivity index (χ0n) is 10.3. The summed E-state index contributed by atoms with van der Waals surface area (Å²) < 4.78 is 5.31. The van der Waals surface area contributed by atoms with Gasteiger partial charge in [-0.25, -0.2) is 0 Å². The Kier molecular flexibility index (Phi) is 3.25. The van der Waals surface area contributed by atoms with E-state index in [4.69, 9.17) is 16.0 Å². The van der Waals surface area contributed by atoms with Gasteiger partial charge in [0.15, 0.2) is 0 Å². The van der Waals surface area contributed by atoms with E-state index in [9.17, 15) is 4.79 Å². The minimum Gasteiger partial charge on any atom is -0.467 e. The second-order valence-electron chi connectivity index (χ2n) is 4.60. The molecule has 0 N–H and O–H groups in total. The highest BCUT2D eigenvalue weighted by Crippen LogP contribution is 2.29. The minimum absolute atomic E-state index is 0.0959. The minimum atomic E-state index is -0.0959. The fourth-order valence-electron chi connectivity index (χ4n) is 1.99. The molecule has 2 heterocycles. The number of carbonyl (C=O) groups excluding carboxylic acids is 1. The molecule has 1 fully saturated rings. The van der Waals surface area contributed by atoms with Crippen LogP contribution in [0.25, 0.3) is 0 Å². The van der Waals surface area contributed by atoms with Gasteiger partial charge in [0.1, 0.15) is 11.5 Å². The van der Waals surface area contributed by atoms with Crippen molar-refractivity contribution in [3.05, 3.63) is 53.2 Å². The van der Waals surface area contributed by atoms with Crippen LogP contribution in [-0.2, 0) is 6.54 Å². The molecule has 0 spiro atoms. The number of aromatic nitrogens is 1. The summed E-state index contributed by atoms with van der Waals surface area (Å²) in [7, 11) is 0. The fourth-order valence-corrected chi connectivity index (χ4v) is 2.15. The van der Waals surface area contributed by atoms with E-state index in [-0.39, 0.29) is 5.91 Å². The molecule has 2 aromatic rings. The number of hydrogen-bond donors (Lipinski definition) is 0. The molecule has 1 aliphatic rings. The van der Waals surface area contributed by atoms with Crippen LogP contribution in [0.2, 0.25) is 5.02 Å². The van der Waals surface area contributed by atoms with Gasteiger partial charge < -0.3 is 9.32 Å². The lowest BCUT2D eigenvalue weighted by Crippen LogP contribution is -2.33. The predicted molar refractivity (Wildman–Crippen MR) is 70.9 cm³/mol. The Balaban J connectivity index is 1.82. The molecule has 19 heavy (non-hydrogen) atoms. The summed E-state index contributed by atoms with van der Waals surface area (Å²) in [6, 6.07) is 7.24. The Labute approximate surface area is 116 Å². The Morgan fingerprint density at radius 1 is 1.47 bits per heavy atom. The molecule has 0 radical (unpaired) electrons. The first-order chi connectivity index (χ1) is 9.24. The third kappa shape index (κ3) is 2.79. The van der Waals surface area contributed by atoms with Crippen LogP contribution in [0.4, 0.5) is 0 Å². The zero-order valence-corrected chi connectivity index (χ0v) is 11.0. The first kappa shape index (κ1) is 12.2. The molecule has 4 nitrogen and oxygen atoms in total. The molecular weight excluding hydrogens is 264 g/mol. The quantitative estimate of drug-likeness (QED) is 0.862. The van der Waals surface area contributed by atoms with Crippen LogP contribution in [0.5, 0.6) is 0 Å². The van der Waals surface area contributed by atoms with Crippen LogP contribution in [-0.4, -0.2) is 21.8 Å². The molecule has 0 bridgehead atoms. The lowest BCUT2D eigenvalue weighted by Gasteiger charge is -2.20. The number of amides is 1. The van der Waals surface area contributed by atoms with Gasteiger partial charge in [0.05, 0.1) is 12.8 Å². The molecule has 0 saturated heterocycles. The smallest absolute Gasteiger partial charge is 0.273 e. The van der Waals surface area contributed by atoms with Crippen LogP contribution >= 0.6 is 11.6 Å². The second-order valence-corrected chi connectivity index (χ2v) is 5.04. The standard InChI is InChI=1S/C14H13ClN2O2/c15-10-5-6-16-13(8-10)14(18)17(11-3-4-11)9-12-2-1-7-19-12/h1-2,5-8,11H,3-4,9H2. The Morgan fingerprint density at radius 3 is 2.95 bits per heavy atom. The Morgan fingerprint density at radius 2 is 2.32 bits per heavy atom. The second kappa shape index (κ2) is 5.05. The summed E-state index contributed by atoms with van der Waals surface area (Å²) in [6.45, 7) is 0.477. The van der Waals surface area contributed by atoms with E-state index in [2.05, 4.69) is 4.98 Å². The van der Waals surface area contributed by atoms with Crippen molar-refractivity contribution in [2.45, 2.75) is 25.4 Å². The summed E-state index contributed by atoms with van der Waals surface area (Å²) in [4.78, 5) is 18.4. The third-order valence-corrected chi connectivity index (χ3v) is 3.33. The van der Waals surface area contributed by atoms with Gasteiger partial charge in [-0.15, -0.1) is 0 Å². The highest BCUT2D eigenvalue weighted by atomic mass is 35.5. The fraction of sp³-hybridized carbons (Fsp3) is 0.286. The normalized spacial score (nSPS) is 14.4. The van der Waals surface area contributed by atoms with Crippen molar-refractivity contribution in [3.63, 3.8) is 0 Å². The van der Waals surface area contributed by atoms with E-state index < -0.39 is 0 Å². The van der Waals surface area contributed by atoms with E-state index in [1.54, 1.807) is 29.5 Å². The van der Waals surface area contributed by atoms with Crippen LogP contribution in [0.15, 0.2) is 41.1 Å². The molecule has 2 aromatic heterocycles. The van der Waals surface area contributed by atoms with Gasteiger partial charge in [0.25, 0.3) is 5.91 Å². The molecule has 1 aliphatic carbocycles. The topological polar surface area (TPSA) is 46.3 Å². The summed E-state index contributed by atoms with van der Waals surface area (Å²) in [5, 5.41) is 0.520. The summed E-state index contributed by atoms with van der Waals surface area (Å²) >= 11 is 5.90. The van der Waals surface area contributed by atoms with Crippen molar-refractivity contribution in [3.8, 4) is 0 Å². The van der Waals surface area contributed by atoms with E-state index in [0.29, 0.717) is 23.3 Å². The van der Waals surface area contributed by atoms with Gasteiger partial charge in [0, 0.05) is 17.3 Å². The molecule has 0 unspecified atom stereocenters. The summed E-state index contributed by atoms with van der Waals surface area (Å²) in [6.07, 6.45) is 5.23. The maximum atomic E-state index is 12.5. The Bertz CT molecular complexity index is 579. The maximum Gasteiger partial charge on any atom is 0.273 e. The van der Waals surface area contributed by atoms with Gasteiger partial charge in [0.2, 0.25) is 0 Å². The van der Waals surface area contributed by atoms with Gasteiger partial charge in [-0.3, -0.25) is 9.78 Å². The van der Waals surface area contributed by atoms with E-state index in [1.807, 2.05) is 12.1 Å². The average molecular weight is 277 g/mol. The van der Waals surface area contributed by atoms with Crippen molar-refractivity contribution in [1.29, 1.82) is 0 Å². The Hall–Kier alpha value is -1.81. The third-order valence-electron chi connectivity index (χ3n) is 3.10. The molecule has 1 saturated carbocycles. The average Bonchev–Trinajstić information content (AvgIpc) is 3.12. The lowest BCUT2D eigenvalue weighted by atomic mass is 10.3. The number of hydrogen-bond acceptors (Lipinski definition) is 3. The first-order valence-corrected chi connectivity index (χ1v) is 6.57. The molecule has 1 amide bonds. The highest BCUT2D eigenvalue weighted by molar-refractivity contribution is 6.30. The first-order valence-electron chi connectivity index (χ1n) is 6.19. The molecule has 0 aliphatic heterocycles. The van der Waals surface area contributed by atoms with Crippen LogP contribution < -0.4 is 0 Å². The number of carbonyl (C=O) groups is 1. The monoisotopic (exact) mass is 276 g/mol. The van der Waals surface area contributed by atoms with Gasteiger partial charge in [-0.05, 0) is 37.1 Å². The van der Waals surface area contributed by atoms with Crippen LogP contribution in [0, 0.1) is 0 Å².